The molecule has 0 saturated carbocycles. The van der Waals surface area contributed by atoms with E-state index >= 15 is 0 Å². The Kier molecular flexibility index (Phi) is 6.09. The van der Waals surface area contributed by atoms with Crippen molar-refractivity contribution in [3.05, 3.63) is 100 Å². The SMILES string of the molecule is COC(OC)(c1ccc(Br)cc1)c1ccc(NCc2ccccc2)cc1. The molecule has 3 rings (SSSR count). The summed E-state index contributed by atoms with van der Waals surface area (Å²) >= 11 is 3.47. The first-order valence-electron chi connectivity index (χ1n) is 8.42. The Morgan fingerprint density at radius 3 is 1.85 bits per heavy atom. The van der Waals surface area contributed by atoms with E-state index in [0.717, 1.165) is 27.8 Å². The number of halogens is 1. The second-order valence-electron chi connectivity index (χ2n) is 5.95. The van der Waals surface area contributed by atoms with Gasteiger partial charge in [-0.25, -0.2) is 0 Å². The third-order valence-corrected chi connectivity index (χ3v) is 4.93. The maximum absolute atomic E-state index is 5.81. The number of anilines is 1. The highest BCUT2D eigenvalue weighted by Crippen LogP contribution is 2.35. The van der Waals surface area contributed by atoms with Crippen molar-refractivity contribution >= 4 is 21.6 Å². The summed E-state index contributed by atoms with van der Waals surface area (Å²) in [7, 11) is 3.32. The second-order valence-corrected chi connectivity index (χ2v) is 6.86. The van der Waals surface area contributed by atoms with Crippen LogP contribution in [0.3, 0.4) is 0 Å². The summed E-state index contributed by atoms with van der Waals surface area (Å²) in [5.74, 6) is -0.932. The van der Waals surface area contributed by atoms with Gasteiger partial charge in [0.25, 0.3) is 0 Å². The van der Waals surface area contributed by atoms with E-state index in [2.05, 4.69) is 33.4 Å². The van der Waals surface area contributed by atoms with Crippen LogP contribution in [0.4, 0.5) is 5.69 Å². The van der Waals surface area contributed by atoms with Gasteiger partial charge < -0.3 is 14.8 Å². The van der Waals surface area contributed by atoms with Crippen LogP contribution in [0.15, 0.2) is 83.3 Å². The molecule has 0 amide bonds. The van der Waals surface area contributed by atoms with Gasteiger partial charge in [0.15, 0.2) is 0 Å². The quantitative estimate of drug-likeness (QED) is 0.516. The highest BCUT2D eigenvalue weighted by molar-refractivity contribution is 9.10. The molecule has 0 aliphatic rings. The lowest BCUT2D eigenvalue weighted by atomic mass is 9.96. The monoisotopic (exact) mass is 411 g/mol. The normalized spacial score (nSPS) is 11.3. The molecular weight excluding hydrogens is 390 g/mol. The number of nitrogens with one attached hydrogen (secondary N) is 1. The van der Waals surface area contributed by atoms with Gasteiger partial charge in [0.05, 0.1) is 0 Å². The molecule has 0 atom stereocenters. The average Bonchev–Trinajstić information content (AvgIpc) is 2.70. The molecule has 0 bridgehead atoms. The van der Waals surface area contributed by atoms with Crippen LogP contribution in [0, 0.1) is 0 Å². The topological polar surface area (TPSA) is 30.5 Å². The van der Waals surface area contributed by atoms with Crippen molar-refractivity contribution in [1.29, 1.82) is 0 Å². The molecule has 0 heterocycles. The van der Waals surface area contributed by atoms with Crippen molar-refractivity contribution in [2.45, 2.75) is 12.3 Å². The van der Waals surface area contributed by atoms with E-state index in [0.29, 0.717) is 0 Å². The van der Waals surface area contributed by atoms with Crippen LogP contribution in [-0.4, -0.2) is 14.2 Å². The largest absolute Gasteiger partial charge is 0.381 e. The van der Waals surface area contributed by atoms with Gasteiger partial charge in [0, 0.05) is 42.1 Å². The molecule has 3 aromatic carbocycles. The van der Waals surface area contributed by atoms with Gasteiger partial charge in [-0.2, -0.15) is 0 Å². The van der Waals surface area contributed by atoms with Gasteiger partial charge in [-0.05, 0) is 29.8 Å². The predicted octanol–water partition coefficient (Wildman–Crippen LogP) is 5.56. The van der Waals surface area contributed by atoms with E-state index in [1.54, 1.807) is 14.2 Å². The summed E-state index contributed by atoms with van der Waals surface area (Å²) in [4.78, 5) is 0. The van der Waals surface area contributed by atoms with E-state index in [1.807, 2.05) is 66.7 Å². The lowest BCUT2D eigenvalue weighted by Gasteiger charge is -2.32. The van der Waals surface area contributed by atoms with Gasteiger partial charge in [0.1, 0.15) is 0 Å². The van der Waals surface area contributed by atoms with Crippen LogP contribution >= 0.6 is 15.9 Å². The van der Waals surface area contributed by atoms with Crippen molar-refractivity contribution in [3.63, 3.8) is 0 Å². The maximum Gasteiger partial charge on any atom is 0.221 e. The van der Waals surface area contributed by atoms with Crippen molar-refractivity contribution in [2.75, 3.05) is 19.5 Å². The zero-order valence-electron chi connectivity index (χ0n) is 14.9. The summed E-state index contributed by atoms with van der Waals surface area (Å²) in [6.07, 6.45) is 0. The molecule has 0 unspecified atom stereocenters. The lowest BCUT2D eigenvalue weighted by Crippen LogP contribution is -2.32. The fraction of sp³-hybridized carbons (Fsp3) is 0.182. The van der Waals surface area contributed by atoms with Crippen LogP contribution < -0.4 is 5.32 Å². The molecule has 0 saturated heterocycles. The maximum atomic E-state index is 5.81. The average molecular weight is 412 g/mol. The number of ether oxygens (including phenoxy) is 2. The summed E-state index contributed by atoms with van der Waals surface area (Å²) in [6, 6.07) is 26.4. The van der Waals surface area contributed by atoms with Gasteiger partial charge in [0.2, 0.25) is 5.79 Å². The first-order valence-corrected chi connectivity index (χ1v) is 9.22. The van der Waals surface area contributed by atoms with Crippen LogP contribution in [0.2, 0.25) is 0 Å². The Bertz CT molecular complexity index is 813. The number of methoxy groups -OCH3 is 2. The number of hydrogen-bond acceptors (Lipinski definition) is 3. The van der Waals surface area contributed by atoms with Gasteiger partial charge in [-0.15, -0.1) is 0 Å². The minimum absolute atomic E-state index is 0.784. The summed E-state index contributed by atoms with van der Waals surface area (Å²) < 4.78 is 12.6. The van der Waals surface area contributed by atoms with Crippen molar-refractivity contribution in [2.24, 2.45) is 0 Å². The smallest absolute Gasteiger partial charge is 0.221 e. The van der Waals surface area contributed by atoms with Crippen LogP contribution in [0.25, 0.3) is 0 Å². The van der Waals surface area contributed by atoms with Crippen molar-refractivity contribution < 1.29 is 9.47 Å². The van der Waals surface area contributed by atoms with E-state index < -0.39 is 5.79 Å². The standard InChI is InChI=1S/C22H22BrNO2/c1-25-22(26-2,18-8-12-20(23)13-9-18)19-10-14-21(15-11-19)24-16-17-6-4-3-5-7-17/h3-15,24H,16H2,1-2H3. The van der Waals surface area contributed by atoms with Crippen LogP contribution in [-0.2, 0) is 21.8 Å². The van der Waals surface area contributed by atoms with Crippen LogP contribution in [0.1, 0.15) is 16.7 Å². The van der Waals surface area contributed by atoms with Gasteiger partial charge in [-0.3, -0.25) is 0 Å². The Balaban J connectivity index is 1.81. The fourth-order valence-corrected chi connectivity index (χ4v) is 3.26. The van der Waals surface area contributed by atoms with E-state index in [-0.39, 0.29) is 0 Å². The molecular formula is C22H22BrNO2. The molecule has 0 aliphatic heterocycles. The Labute approximate surface area is 163 Å². The Morgan fingerprint density at radius 1 is 0.769 bits per heavy atom. The third kappa shape index (κ3) is 3.98. The summed E-state index contributed by atoms with van der Waals surface area (Å²) in [6.45, 7) is 0.784. The molecule has 3 aromatic rings. The number of benzene rings is 3. The molecule has 0 spiro atoms. The van der Waals surface area contributed by atoms with Crippen molar-refractivity contribution in [1.82, 2.24) is 0 Å². The molecule has 1 N–H and O–H groups in total. The molecule has 26 heavy (non-hydrogen) atoms. The Morgan fingerprint density at radius 2 is 1.31 bits per heavy atom. The highest BCUT2D eigenvalue weighted by atomic mass is 79.9. The highest BCUT2D eigenvalue weighted by Gasteiger charge is 2.34. The first kappa shape index (κ1) is 18.6. The van der Waals surface area contributed by atoms with E-state index in [1.165, 1.54) is 5.56 Å². The molecule has 0 aliphatic carbocycles. The molecule has 0 radical (unpaired) electrons. The van der Waals surface area contributed by atoms with Crippen LogP contribution in [0.5, 0.6) is 0 Å². The predicted molar refractivity (Wildman–Crippen MR) is 109 cm³/mol. The fourth-order valence-electron chi connectivity index (χ4n) is 3.00. The third-order valence-electron chi connectivity index (χ3n) is 4.40. The zero-order valence-corrected chi connectivity index (χ0v) is 16.5. The Hall–Kier alpha value is -2.14. The molecule has 0 fully saturated rings. The van der Waals surface area contributed by atoms with E-state index in [4.69, 9.17) is 9.47 Å². The number of rotatable bonds is 7. The summed E-state index contributed by atoms with van der Waals surface area (Å²) in [5, 5.41) is 3.44. The minimum Gasteiger partial charge on any atom is -0.381 e. The second kappa shape index (κ2) is 8.49. The zero-order chi connectivity index (χ0) is 18.4. The number of hydrogen-bond donors (Lipinski definition) is 1. The van der Waals surface area contributed by atoms with Gasteiger partial charge in [-0.1, -0.05) is 70.5 Å². The minimum atomic E-state index is -0.932. The molecule has 3 nitrogen and oxygen atoms in total. The van der Waals surface area contributed by atoms with E-state index in [9.17, 15) is 0 Å². The van der Waals surface area contributed by atoms with Crippen molar-refractivity contribution in [3.8, 4) is 0 Å². The molecule has 134 valence electrons. The lowest BCUT2D eigenvalue weighted by molar-refractivity contribution is -0.183. The molecule has 4 heteroatoms. The summed E-state index contributed by atoms with van der Waals surface area (Å²) in [5.41, 5.74) is 4.18. The first-order chi connectivity index (χ1) is 12.7. The molecule has 0 aromatic heterocycles. The van der Waals surface area contributed by atoms with Gasteiger partial charge >= 0.3 is 0 Å².